The Labute approximate surface area is 243 Å². The Morgan fingerprint density at radius 2 is 1.55 bits per heavy atom. The smallest absolute Gasteiger partial charge is 0.243 e. The minimum atomic E-state index is -3.59. The molecule has 2 amide bonds. The number of rotatable bonds is 13. The maximum atomic E-state index is 13.9. The highest BCUT2D eigenvalue weighted by Gasteiger charge is 2.31. The van der Waals surface area contributed by atoms with Crippen LogP contribution in [0.2, 0.25) is 5.02 Å². The van der Waals surface area contributed by atoms with Crippen molar-refractivity contribution in [2.24, 2.45) is 0 Å². The summed E-state index contributed by atoms with van der Waals surface area (Å²) in [7, 11) is -3.59. The molecule has 3 aromatic carbocycles. The lowest BCUT2D eigenvalue weighted by Gasteiger charge is -2.33. The Balaban J connectivity index is 1.88. The molecule has 0 fully saturated rings. The molecule has 0 saturated heterocycles. The van der Waals surface area contributed by atoms with Gasteiger partial charge in [-0.3, -0.25) is 13.9 Å². The first-order chi connectivity index (χ1) is 19.0. The zero-order valence-corrected chi connectivity index (χ0v) is 25.1. The second-order valence-electron chi connectivity index (χ2n) is 10.2. The van der Waals surface area contributed by atoms with Gasteiger partial charge >= 0.3 is 0 Å². The SMILES string of the molecule is Cc1ccccc1CN(C(=O)CCCN(c1ccc(Cl)cc1)S(C)(=O)=O)[C@@H](Cc1ccccc1)C(=O)NC(C)C. The number of carbonyl (C=O) groups excluding carboxylic acids is 2. The number of halogens is 1. The van der Waals surface area contributed by atoms with E-state index >= 15 is 0 Å². The van der Waals surface area contributed by atoms with Gasteiger partial charge in [-0.2, -0.15) is 0 Å². The summed E-state index contributed by atoms with van der Waals surface area (Å²) in [6.07, 6.45) is 1.85. The van der Waals surface area contributed by atoms with E-state index in [-0.39, 0.29) is 43.8 Å². The summed E-state index contributed by atoms with van der Waals surface area (Å²) < 4.78 is 26.4. The highest BCUT2D eigenvalue weighted by molar-refractivity contribution is 7.92. The molecule has 1 atom stereocenters. The third kappa shape index (κ3) is 9.10. The molecule has 0 heterocycles. The Morgan fingerprint density at radius 3 is 2.15 bits per heavy atom. The van der Waals surface area contributed by atoms with E-state index in [1.54, 1.807) is 29.2 Å². The normalized spacial score (nSPS) is 12.2. The van der Waals surface area contributed by atoms with Crippen molar-refractivity contribution < 1.29 is 18.0 Å². The zero-order valence-electron chi connectivity index (χ0n) is 23.5. The fraction of sp³-hybridized carbons (Fsp3) is 0.355. The molecule has 0 unspecified atom stereocenters. The van der Waals surface area contributed by atoms with E-state index in [1.165, 1.54) is 4.31 Å². The van der Waals surface area contributed by atoms with Gasteiger partial charge in [0.05, 0.1) is 11.9 Å². The molecule has 0 aliphatic carbocycles. The molecule has 3 rings (SSSR count). The number of hydrogen-bond acceptors (Lipinski definition) is 4. The lowest BCUT2D eigenvalue weighted by atomic mass is 10.0. The fourth-order valence-corrected chi connectivity index (χ4v) is 5.61. The van der Waals surface area contributed by atoms with Crippen LogP contribution in [0, 0.1) is 6.92 Å². The zero-order chi connectivity index (χ0) is 29.3. The van der Waals surface area contributed by atoms with Gasteiger partial charge in [-0.15, -0.1) is 0 Å². The van der Waals surface area contributed by atoms with Gasteiger partial charge in [0.25, 0.3) is 0 Å². The van der Waals surface area contributed by atoms with Gasteiger partial charge in [-0.1, -0.05) is 66.2 Å². The van der Waals surface area contributed by atoms with Crippen LogP contribution in [0.15, 0.2) is 78.9 Å². The molecule has 9 heteroatoms. The first-order valence-electron chi connectivity index (χ1n) is 13.4. The largest absolute Gasteiger partial charge is 0.352 e. The number of nitrogens with one attached hydrogen (secondary N) is 1. The third-order valence-corrected chi connectivity index (χ3v) is 8.02. The van der Waals surface area contributed by atoms with Crippen molar-refractivity contribution >= 4 is 39.1 Å². The molecule has 3 aromatic rings. The van der Waals surface area contributed by atoms with E-state index in [0.717, 1.165) is 22.9 Å². The summed E-state index contributed by atoms with van der Waals surface area (Å²) in [4.78, 5) is 29.0. The lowest BCUT2D eigenvalue weighted by molar-refractivity contribution is -0.141. The third-order valence-electron chi connectivity index (χ3n) is 6.57. The van der Waals surface area contributed by atoms with E-state index in [1.807, 2.05) is 75.4 Å². The van der Waals surface area contributed by atoms with Gasteiger partial charge in [0.1, 0.15) is 6.04 Å². The Kier molecular flexibility index (Phi) is 11.2. The fourth-order valence-electron chi connectivity index (χ4n) is 4.52. The standard InChI is InChI=1S/C31H38ClN3O4S/c1-23(2)33-31(37)29(21-25-12-6-5-7-13-25)34(22-26-14-9-8-11-24(26)3)30(36)15-10-20-35(40(4,38)39)28-18-16-27(32)17-19-28/h5-9,11-14,16-19,23,29H,10,15,20-22H2,1-4H3,(H,33,37)/t29-/m0/s1. The monoisotopic (exact) mass is 583 g/mol. The van der Waals surface area contributed by atoms with Crippen molar-refractivity contribution in [2.75, 3.05) is 17.1 Å². The first-order valence-corrected chi connectivity index (χ1v) is 15.6. The average molecular weight is 584 g/mol. The van der Waals surface area contributed by atoms with Crippen molar-refractivity contribution in [3.63, 3.8) is 0 Å². The van der Waals surface area contributed by atoms with Gasteiger partial charge < -0.3 is 10.2 Å². The van der Waals surface area contributed by atoms with Gasteiger partial charge in [0, 0.05) is 37.0 Å². The molecular weight excluding hydrogens is 546 g/mol. The van der Waals surface area contributed by atoms with Crippen LogP contribution in [0.5, 0.6) is 0 Å². The van der Waals surface area contributed by atoms with Gasteiger partial charge in [-0.05, 0) is 68.1 Å². The predicted molar refractivity (Wildman–Crippen MR) is 162 cm³/mol. The molecule has 1 N–H and O–H groups in total. The van der Waals surface area contributed by atoms with Gasteiger partial charge in [-0.25, -0.2) is 8.42 Å². The minimum absolute atomic E-state index is 0.0751. The molecule has 0 saturated carbocycles. The van der Waals surface area contributed by atoms with Crippen LogP contribution in [0.25, 0.3) is 0 Å². The summed E-state index contributed by atoms with van der Waals surface area (Å²) in [5, 5.41) is 3.49. The van der Waals surface area contributed by atoms with Crippen LogP contribution in [0.4, 0.5) is 5.69 Å². The summed E-state index contributed by atoms with van der Waals surface area (Å²) in [6, 6.07) is 23.1. The van der Waals surface area contributed by atoms with Crippen LogP contribution in [-0.4, -0.2) is 50.0 Å². The number of nitrogens with zero attached hydrogens (tertiary/aromatic N) is 2. The minimum Gasteiger partial charge on any atom is -0.352 e. The Bertz CT molecular complexity index is 1380. The maximum absolute atomic E-state index is 13.9. The van der Waals surface area contributed by atoms with E-state index in [9.17, 15) is 18.0 Å². The lowest BCUT2D eigenvalue weighted by Crippen LogP contribution is -2.52. The molecular formula is C31H38ClN3O4S. The quantitative estimate of drug-likeness (QED) is 0.293. The number of hydrogen-bond donors (Lipinski definition) is 1. The van der Waals surface area contributed by atoms with Crippen LogP contribution in [0.1, 0.15) is 43.4 Å². The number of amides is 2. The Morgan fingerprint density at radius 1 is 0.925 bits per heavy atom. The average Bonchev–Trinajstić information content (AvgIpc) is 2.89. The van der Waals surface area contributed by atoms with Crippen molar-refractivity contribution in [3.05, 3.63) is 101 Å². The maximum Gasteiger partial charge on any atom is 0.243 e. The van der Waals surface area contributed by atoms with Crippen LogP contribution >= 0.6 is 11.6 Å². The molecule has 7 nitrogen and oxygen atoms in total. The molecule has 0 aromatic heterocycles. The number of sulfonamides is 1. The molecule has 0 aliphatic rings. The number of aryl methyl sites for hydroxylation is 1. The second-order valence-corrected chi connectivity index (χ2v) is 12.6. The summed E-state index contributed by atoms with van der Waals surface area (Å²) >= 11 is 5.98. The van der Waals surface area contributed by atoms with Crippen molar-refractivity contribution in [1.82, 2.24) is 10.2 Å². The molecule has 40 heavy (non-hydrogen) atoms. The van der Waals surface area contributed by atoms with Crippen molar-refractivity contribution in [1.29, 1.82) is 0 Å². The molecule has 0 radical (unpaired) electrons. The van der Waals surface area contributed by atoms with Crippen LogP contribution in [-0.2, 0) is 32.6 Å². The van der Waals surface area contributed by atoms with E-state index < -0.39 is 16.1 Å². The van der Waals surface area contributed by atoms with Crippen LogP contribution in [0.3, 0.4) is 0 Å². The number of anilines is 1. The van der Waals surface area contributed by atoms with E-state index in [0.29, 0.717) is 17.1 Å². The van der Waals surface area contributed by atoms with E-state index in [4.69, 9.17) is 11.6 Å². The first kappa shape index (κ1) is 31.2. The van der Waals surface area contributed by atoms with E-state index in [2.05, 4.69) is 5.32 Å². The predicted octanol–water partition coefficient (Wildman–Crippen LogP) is 5.36. The number of benzene rings is 3. The van der Waals surface area contributed by atoms with Gasteiger partial charge in [0.15, 0.2) is 0 Å². The molecule has 0 bridgehead atoms. The Hall–Kier alpha value is -3.36. The number of carbonyl (C=O) groups is 2. The van der Waals surface area contributed by atoms with Crippen molar-refractivity contribution in [2.45, 2.75) is 58.7 Å². The van der Waals surface area contributed by atoms with Gasteiger partial charge in [0.2, 0.25) is 21.8 Å². The molecule has 0 spiro atoms. The highest BCUT2D eigenvalue weighted by atomic mass is 35.5. The van der Waals surface area contributed by atoms with Crippen molar-refractivity contribution in [3.8, 4) is 0 Å². The summed E-state index contributed by atoms with van der Waals surface area (Å²) in [5.74, 6) is -0.438. The molecule has 214 valence electrons. The molecule has 0 aliphatic heterocycles. The second kappa shape index (κ2) is 14.3. The highest BCUT2D eigenvalue weighted by Crippen LogP contribution is 2.22. The van der Waals surface area contributed by atoms with Crippen LogP contribution < -0.4 is 9.62 Å². The topological polar surface area (TPSA) is 86.8 Å². The summed E-state index contributed by atoms with van der Waals surface area (Å²) in [5.41, 5.74) is 3.40. The summed E-state index contributed by atoms with van der Waals surface area (Å²) in [6.45, 7) is 6.14.